The number of oxazole rings is 1. The summed E-state index contributed by atoms with van der Waals surface area (Å²) in [7, 11) is 1.51. The standard InChI is InChI=1S/C17H15N3O7/c1-25-12-2-5-13-14(10-12)27-17(22)19(13)9-8-18-15(21)6-3-11-4-7-16(26-11)20(23)24/h2-7,10H,8-9H2,1H3,(H,18,21)/b6-3+. The van der Waals surface area contributed by atoms with Crippen molar-refractivity contribution in [3.8, 4) is 5.75 Å². The van der Waals surface area contributed by atoms with Gasteiger partial charge < -0.3 is 18.9 Å². The highest BCUT2D eigenvalue weighted by Gasteiger charge is 2.11. The molecular weight excluding hydrogens is 358 g/mol. The van der Waals surface area contributed by atoms with Crippen LogP contribution in [0.5, 0.6) is 5.75 Å². The lowest BCUT2D eigenvalue weighted by Gasteiger charge is -2.04. The molecule has 1 amide bonds. The molecule has 0 aliphatic rings. The molecule has 0 aliphatic carbocycles. The molecule has 0 radical (unpaired) electrons. The zero-order valence-electron chi connectivity index (χ0n) is 14.2. The van der Waals surface area contributed by atoms with Crippen LogP contribution in [0.15, 0.2) is 50.0 Å². The highest BCUT2D eigenvalue weighted by Crippen LogP contribution is 2.19. The zero-order chi connectivity index (χ0) is 19.4. The van der Waals surface area contributed by atoms with Crippen molar-refractivity contribution in [3.05, 3.63) is 62.8 Å². The SMILES string of the molecule is COc1ccc2c(c1)oc(=O)n2CCNC(=O)/C=C/c1ccc([N+](=O)[O-])o1. The summed E-state index contributed by atoms with van der Waals surface area (Å²) in [5.74, 6) is -0.622. The summed E-state index contributed by atoms with van der Waals surface area (Å²) in [6.45, 7) is 0.395. The van der Waals surface area contributed by atoms with Gasteiger partial charge in [-0.1, -0.05) is 0 Å². The third kappa shape index (κ3) is 4.06. The van der Waals surface area contributed by atoms with Gasteiger partial charge in [-0.05, 0) is 24.3 Å². The zero-order valence-corrected chi connectivity index (χ0v) is 14.2. The third-order valence-electron chi connectivity index (χ3n) is 3.70. The lowest BCUT2D eigenvalue weighted by atomic mass is 10.3. The maximum atomic E-state index is 11.9. The number of hydrogen-bond acceptors (Lipinski definition) is 7. The number of nitro groups is 1. The van der Waals surface area contributed by atoms with E-state index in [1.54, 1.807) is 18.2 Å². The van der Waals surface area contributed by atoms with E-state index < -0.39 is 22.5 Å². The van der Waals surface area contributed by atoms with Crippen LogP contribution in [0.2, 0.25) is 0 Å². The number of carbonyl (C=O) groups excluding carboxylic acids is 1. The first-order valence-electron chi connectivity index (χ1n) is 7.85. The Morgan fingerprint density at radius 1 is 1.33 bits per heavy atom. The van der Waals surface area contributed by atoms with Crippen LogP contribution >= 0.6 is 0 Å². The summed E-state index contributed by atoms with van der Waals surface area (Å²) in [5, 5.41) is 13.1. The fourth-order valence-electron chi connectivity index (χ4n) is 2.42. The van der Waals surface area contributed by atoms with E-state index in [-0.39, 0.29) is 18.8 Å². The molecule has 0 spiro atoms. The highest BCUT2D eigenvalue weighted by molar-refractivity contribution is 5.91. The van der Waals surface area contributed by atoms with E-state index in [1.165, 1.54) is 36.0 Å². The van der Waals surface area contributed by atoms with Crippen molar-refractivity contribution >= 4 is 29.0 Å². The molecule has 2 heterocycles. The van der Waals surface area contributed by atoms with Crippen molar-refractivity contribution < 1.29 is 23.3 Å². The van der Waals surface area contributed by atoms with E-state index in [2.05, 4.69) is 5.32 Å². The maximum Gasteiger partial charge on any atom is 0.433 e. The largest absolute Gasteiger partial charge is 0.497 e. The van der Waals surface area contributed by atoms with Crippen LogP contribution in [0.25, 0.3) is 17.2 Å². The Labute approximate surface area is 151 Å². The number of benzene rings is 1. The summed E-state index contributed by atoms with van der Waals surface area (Å²) in [5.41, 5.74) is 0.985. The van der Waals surface area contributed by atoms with Crippen molar-refractivity contribution in [1.29, 1.82) is 0 Å². The van der Waals surface area contributed by atoms with Crippen LogP contribution in [0.3, 0.4) is 0 Å². The first kappa shape index (κ1) is 18.0. The molecule has 0 saturated heterocycles. The minimum Gasteiger partial charge on any atom is -0.497 e. The van der Waals surface area contributed by atoms with Gasteiger partial charge in [-0.25, -0.2) is 4.79 Å². The smallest absolute Gasteiger partial charge is 0.433 e. The Bertz CT molecular complexity index is 1070. The number of furan rings is 1. The molecule has 3 aromatic rings. The fraction of sp³-hybridized carbons (Fsp3) is 0.176. The molecule has 2 aromatic heterocycles. The molecule has 0 bridgehead atoms. The third-order valence-corrected chi connectivity index (χ3v) is 3.70. The van der Waals surface area contributed by atoms with Gasteiger partial charge in [0, 0.05) is 25.2 Å². The van der Waals surface area contributed by atoms with Crippen molar-refractivity contribution in [3.63, 3.8) is 0 Å². The molecule has 1 aromatic carbocycles. The predicted octanol–water partition coefficient (Wildman–Crippen LogP) is 1.93. The molecule has 0 unspecified atom stereocenters. The highest BCUT2D eigenvalue weighted by atomic mass is 16.6. The van der Waals surface area contributed by atoms with Crippen LogP contribution in [0.4, 0.5) is 5.88 Å². The number of amides is 1. The average molecular weight is 373 g/mol. The number of fused-ring (bicyclic) bond motifs is 1. The van der Waals surface area contributed by atoms with E-state index >= 15 is 0 Å². The Hall–Kier alpha value is -3.82. The van der Waals surface area contributed by atoms with Gasteiger partial charge in [0.2, 0.25) is 5.91 Å². The lowest BCUT2D eigenvalue weighted by Crippen LogP contribution is -2.28. The van der Waals surface area contributed by atoms with Crippen molar-refractivity contribution in [2.75, 3.05) is 13.7 Å². The molecule has 140 valence electrons. The second kappa shape index (κ2) is 7.60. The number of methoxy groups -OCH3 is 1. The minimum atomic E-state index is -0.667. The van der Waals surface area contributed by atoms with Crippen molar-refractivity contribution in [2.24, 2.45) is 0 Å². The molecule has 3 rings (SSSR count). The number of nitrogens with one attached hydrogen (secondary N) is 1. The second-order valence-electron chi connectivity index (χ2n) is 5.41. The van der Waals surface area contributed by atoms with E-state index in [4.69, 9.17) is 13.6 Å². The van der Waals surface area contributed by atoms with Crippen LogP contribution in [0, 0.1) is 10.1 Å². The summed E-state index contributed by atoms with van der Waals surface area (Å²) in [6, 6.07) is 7.59. The normalized spacial score (nSPS) is 11.1. The summed E-state index contributed by atoms with van der Waals surface area (Å²) < 4.78 is 16.5. The lowest BCUT2D eigenvalue weighted by molar-refractivity contribution is -0.402. The van der Waals surface area contributed by atoms with Crippen molar-refractivity contribution in [1.82, 2.24) is 9.88 Å². The van der Waals surface area contributed by atoms with Gasteiger partial charge in [0.05, 0.1) is 18.7 Å². The number of rotatable bonds is 7. The molecule has 1 N–H and O–H groups in total. The number of hydrogen-bond donors (Lipinski definition) is 1. The van der Waals surface area contributed by atoms with Crippen LogP contribution in [-0.2, 0) is 11.3 Å². The van der Waals surface area contributed by atoms with E-state index in [1.807, 2.05) is 0 Å². The van der Waals surface area contributed by atoms with E-state index in [0.29, 0.717) is 16.8 Å². The van der Waals surface area contributed by atoms with Gasteiger partial charge in [0.15, 0.2) is 5.58 Å². The topological polar surface area (TPSA) is 130 Å². The van der Waals surface area contributed by atoms with Crippen LogP contribution in [-0.4, -0.2) is 29.1 Å². The van der Waals surface area contributed by atoms with Gasteiger partial charge in [-0.15, -0.1) is 0 Å². The van der Waals surface area contributed by atoms with E-state index in [9.17, 15) is 19.7 Å². The first-order chi connectivity index (χ1) is 13.0. The molecule has 27 heavy (non-hydrogen) atoms. The second-order valence-corrected chi connectivity index (χ2v) is 5.41. The number of nitrogens with zero attached hydrogens (tertiary/aromatic N) is 2. The number of ether oxygens (including phenoxy) is 1. The minimum absolute atomic E-state index is 0.183. The average Bonchev–Trinajstić information content (AvgIpc) is 3.24. The Morgan fingerprint density at radius 2 is 2.15 bits per heavy atom. The molecule has 0 atom stereocenters. The molecule has 10 nitrogen and oxygen atoms in total. The van der Waals surface area contributed by atoms with E-state index in [0.717, 1.165) is 0 Å². The maximum absolute atomic E-state index is 11.9. The van der Waals surface area contributed by atoms with Crippen molar-refractivity contribution in [2.45, 2.75) is 6.54 Å². The Kier molecular flexibility index (Phi) is 5.06. The summed E-state index contributed by atoms with van der Waals surface area (Å²) in [4.78, 5) is 33.6. The molecule has 0 aliphatic heterocycles. The molecule has 0 fully saturated rings. The van der Waals surface area contributed by atoms with Crippen LogP contribution < -0.4 is 15.8 Å². The number of aromatic nitrogens is 1. The van der Waals surface area contributed by atoms with Gasteiger partial charge in [0.25, 0.3) is 0 Å². The Balaban J connectivity index is 1.59. The first-order valence-corrected chi connectivity index (χ1v) is 7.85. The monoisotopic (exact) mass is 373 g/mol. The van der Waals surface area contributed by atoms with Gasteiger partial charge >= 0.3 is 11.6 Å². The summed E-state index contributed by atoms with van der Waals surface area (Å²) in [6.07, 6.45) is 2.50. The van der Waals surface area contributed by atoms with Gasteiger partial charge in [-0.3, -0.25) is 19.5 Å². The fourth-order valence-corrected chi connectivity index (χ4v) is 2.42. The molecular formula is C17H15N3O7. The Morgan fingerprint density at radius 3 is 2.85 bits per heavy atom. The summed E-state index contributed by atoms with van der Waals surface area (Å²) >= 11 is 0. The van der Waals surface area contributed by atoms with Gasteiger partial charge in [-0.2, -0.15) is 0 Å². The van der Waals surface area contributed by atoms with Gasteiger partial charge in [0.1, 0.15) is 16.4 Å². The van der Waals surface area contributed by atoms with Crippen LogP contribution in [0.1, 0.15) is 5.76 Å². The molecule has 0 saturated carbocycles. The number of carbonyl (C=O) groups is 1. The quantitative estimate of drug-likeness (QED) is 0.380. The predicted molar refractivity (Wildman–Crippen MR) is 94.4 cm³/mol. The molecule has 10 heteroatoms.